The summed E-state index contributed by atoms with van der Waals surface area (Å²) in [5.41, 5.74) is 3.91. The second-order valence-corrected chi connectivity index (χ2v) is 5.27. The van der Waals surface area contributed by atoms with Crippen LogP contribution in [0, 0.1) is 6.92 Å². The summed E-state index contributed by atoms with van der Waals surface area (Å²) in [6, 6.07) is 6.49. The SMILES string of the molecule is CNC(=S)c1ccc(C(C)(C)C)cc1C. The van der Waals surface area contributed by atoms with Crippen molar-refractivity contribution in [2.45, 2.75) is 33.1 Å². The molecule has 1 rings (SSSR count). The van der Waals surface area contributed by atoms with Crippen molar-refractivity contribution in [3.05, 3.63) is 34.9 Å². The Morgan fingerprint density at radius 1 is 1.27 bits per heavy atom. The molecule has 1 N–H and O–H groups in total. The lowest BCUT2D eigenvalue weighted by molar-refractivity contribution is 0.589. The van der Waals surface area contributed by atoms with Crippen molar-refractivity contribution in [1.82, 2.24) is 5.32 Å². The molecule has 0 saturated carbocycles. The van der Waals surface area contributed by atoms with E-state index in [2.05, 4.69) is 51.2 Å². The maximum absolute atomic E-state index is 5.23. The topological polar surface area (TPSA) is 12.0 Å². The van der Waals surface area contributed by atoms with Crippen molar-refractivity contribution in [3.63, 3.8) is 0 Å². The molecule has 0 aliphatic heterocycles. The molecule has 0 atom stereocenters. The first-order chi connectivity index (χ1) is 6.86. The lowest BCUT2D eigenvalue weighted by Crippen LogP contribution is -2.19. The van der Waals surface area contributed by atoms with Crippen LogP contribution < -0.4 is 5.32 Å². The minimum Gasteiger partial charge on any atom is -0.379 e. The van der Waals surface area contributed by atoms with Gasteiger partial charge in [0.05, 0.1) is 0 Å². The molecule has 2 heteroatoms. The zero-order valence-electron chi connectivity index (χ0n) is 10.1. The zero-order valence-corrected chi connectivity index (χ0v) is 11.0. The van der Waals surface area contributed by atoms with Gasteiger partial charge in [0.25, 0.3) is 0 Å². The largest absolute Gasteiger partial charge is 0.379 e. The van der Waals surface area contributed by atoms with Gasteiger partial charge in [0.2, 0.25) is 0 Å². The molecule has 82 valence electrons. The summed E-state index contributed by atoms with van der Waals surface area (Å²) in [7, 11) is 1.86. The number of hydrogen-bond acceptors (Lipinski definition) is 1. The maximum atomic E-state index is 5.23. The van der Waals surface area contributed by atoms with Crippen LogP contribution in [-0.2, 0) is 5.41 Å². The smallest absolute Gasteiger partial charge is 0.106 e. The highest BCUT2D eigenvalue weighted by Gasteiger charge is 2.14. The summed E-state index contributed by atoms with van der Waals surface area (Å²) in [4.78, 5) is 0.813. The lowest BCUT2D eigenvalue weighted by atomic mass is 9.85. The summed E-state index contributed by atoms with van der Waals surface area (Å²) >= 11 is 5.23. The predicted molar refractivity (Wildman–Crippen MR) is 70.6 cm³/mol. The molecule has 0 aromatic heterocycles. The van der Waals surface area contributed by atoms with Crippen LogP contribution in [0.4, 0.5) is 0 Å². The van der Waals surface area contributed by atoms with Gasteiger partial charge < -0.3 is 5.32 Å². The molecule has 0 fully saturated rings. The number of hydrogen-bond donors (Lipinski definition) is 1. The first-order valence-electron chi connectivity index (χ1n) is 5.19. The standard InChI is InChI=1S/C13H19NS/c1-9-8-10(13(2,3)4)6-7-11(9)12(15)14-5/h6-8H,1-5H3,(H,14,15). The van der Waals surface area contributed by atoms with Crippen LogP contribution in [0.1, 0.15) is 37.5 Å². The average molecular weight is 221 g/mol. The van der Waals surface area contributed by atoms with Crippen LogP contribution in [0.15, 0.2) is 18.2 Å². The molecule has 1 aromatic carbocycles. The van der Waals surface area contributed by atoms with Crippen LogP contribution in [-0.4, -0.2) is 12.0 Å². The Morgan fingerprint density at radius 3 is 2.27 bits per heavy atom. The average Bonchev–Trinajstić information content (AvgIpc) is 2.15. The first-order valence-corrected chi connectivity index (χ1v) is 5.60. The molecular weight excluding hydrogens is 202 g/mol. The van der Waals surface area contributed by atoms with Crippen LogP contribution in [0.25, 0.3) is 0 Å². The van der Waals surface area contributed by atoms with Crippen molar-refractivity contribution in [2.75, 3.05) is 7.05 Å². The minimum absolute atomic E-state index is 0.199. The zero-order chi connectivity index (χ0) is 11.6. The fraction of sp³-hybridized carbons (Fsp3) is 0.462. The molecule has 0 spiro atoms. The van der Waals surface area contributed by atoms with E-state index < -0.39 is 0 Å². The number of rotatable bonds is 1. The van der Waals surface area contributed by atoms with Gasteiger partial charge in [-0.3, -0.25) is 0 Å². The van der Waals surface area contributed by atoms with Crippen LogP contribution in [0.5, 0.6) is 0 Å². The molecular formula is C13H19NS. The molecule has 0 unspecified atom stereocenters. The number of nitrogens with one attached hydrogen (secondary N) is 1. The van der Waals surface area contributed by atoms with E-state index in [9.17, 15) is 0 Å². The van der Waals surface area contributed by atoms with E-state index in [0.717, 1.165) is 10.6 Å². The third-order valence-corrected chi connectivity index (χ3v) is 2.99. The maximum Gasteiger partial charge on any atom is 0.106 e. The van der Waals surface area contributed by atoms with Gasteiger partial charge in [0, 0.05) is 12.6 Å². The van der Waals surface area contributed by atoms with Crippen molar-refractivity contribution in [3.8, 4) is 0 Å². The van der Waals surface area contributed by atoms with E-state index in [1.165, 1.54) is 11.1 Å². The van der Waals surface area contributed by atoms with Crippen LogP contribution in [0.3, 0.4) is 0 Å². The monoisotopic (exact) mass is 221 g/mol. The van der Waals surface area contributed by atoms with Gasteiger partial charge >= 0.3 is 0 Å². The lowest BCUT2D eigenvalue weighted by Gasteiger charge is -2.20. The summed E-state index contributed by atoms with van der Waals surface area (Å²) in [6.07, 6.45) is 0. The molecule has 0 aliphatic carbocycles. The highest BCUT2D eigenvalue weighted by molar-refractivity contribution is 7.80. The van der Waals surface area contributed by atoms with Crippen LogP contribution >= 0.6 is 12.2 Å². The quantitative estimate of drug-likeness (QED) is 0.731. The molecule has 0 amide bonds. The predicted octanol–water partition coefficient (Wildman–Crippen LogP) is 3.19. The van der Waals surface area contributed by atoms with Gasteiger partial charge in [0.15, 0.2) is 0 Å². The van der Waals surface area contributed by atoms with Crippen molar-refractivity contribution in [2.24, 2.45) is 0 Å². The Kier molecular flexibility index (Phi) is 3.50. The first kappa shape index (κ1) is 12.2. The van der Waals surface area contributed by atoms with Gasteiger partial charge in [-0.15, -0.1) is 0 Å². The van der Waals surface area contributed by atoms with E-state index >= 15 is 0 Å². The number of aryl methyl sites for hydroxylation is 1. The van der Waals surface area contributed by atoms with E-state index in [0.29, 0.717) is 0 Å². The van der Waals surface area contributed by atoms with Crippen LogP contribution in [0.2, 0.25) is 0 Å². The molecule has 15 heavy (non-hydrogen) atoms. The second kappa shape index (κ2) is 4.31. The fourth-order valence-corrected chi connectivity index (χ4v) is 1.75. The Bertz CT molecular complexity index is 375. The van der Waals surface area contributed by atoms with E-state index in [1.807, 2.05) is 7.05 Å². The Labute approximate surface area is 97.9 Å². The normalized spacial score (nSPS) is 11.3. The fourth-order valence-electron chi connectivity index (χ4n) is 1.52. The van der Waals surface area contributed by atoms with Gasteiger partial charge in [-0.25, -0.2) is 0 Å². The molecule has 0 aliphatic rings. The van der Waals surface area contributed by atoms with Crippen molar-refractivity contribution in [1.29, 1.82) is 0 Å². The van der Waals surface area contributed by atoms with Crippen molar-refractivity contribution >= 4 is 17.2 Å². The van der Waals surface area contributed by atoms with Gasteiger partial charge in [-0.05, 0) is 23.5 Å². The third-order valence-electron chi connectivity index (χ3n) is 2.56. The number of benzene rings is 1. The van der Waals surface area contributed by atoms with E-state index in [4.69, 9.17) is 12.2 Å². The van der Waals surface area contributed by atoms with Gasteiger partial charge in [-0.1, -0.05) is 51.2 Å². The Morgan fingerprint density at radius 2 is 1.87 bits per heavy atom. The molecule has 0 saturated heterocycles. The Balaban J connectivity index is 3.15. The summed E-state index contributed by atoms with van der Waals surface area (Å²) in [5.74, 6) is 0. The van der Waals surface area contributed by atoms with E-state index in [-0.39, 0.29) is 5.41 Å². The van der Waals surface area contributed by atoms with Gasteiger partial charge in [0.1, 0.15) is 4.99 Å². The minimum atomic E-state index is 0.199. The second-order valence-electron chi connectivity index (χ2n) is 4.86. The third kappa shape index (κ3) is 2.78. The van der Waals surface area contributed by atoms with E-state index in [1.54, 1.807) is 0 Å². The molecule has 0 bridgehead atoms. The highest BCUT2D eigenvalue weighted by atomic mass is 32.1. The molecule has 0 radical (unpaired) electrons. The molecule has 0 heterocycles. The number of thiocarbonyl (C=S) groups is 1. The molecule has 1 aromatic rings. The Hall–Kier alpha value is -0.890. The summed E-state index contributed by atoms with van der Waals surface area (Å²) < 4.78 is 0. The van der Waals surface area contributed by atoms with Crippen molar-refractivity contribution < 1.29 is 0 Å². The summed E-state index contributed by atoms with van der Waals surface area (Å²) in [5, 5.41) is 3.01. The highest BCUT2D eigenvalue weighted by Crippen LogP contribution is 2.24. The van der Waals surface area contributed by atoms with Gasteiger partial charge in [-0.2, -0.15) is 0 Å². The summed E-state index contributed by atoms with van der Waals surface area (Å²) in [6.45, 7) is 8.77. The molecule has 1 nitrogen and oxygen atoms in total.